The highest BCUT2D eigenvalue weighted by atomic mass is 32.2. The normalized spacial score (nSPS) is 23.4. The fourth-order valence-electron chi connectivity index (χ4n) is 2.63. The Labute approximate surface area is 128 Å². The Bertz CT molecular complexity index is 637. The average molecular weight is 333 g/mol. The smallest absolute Gasteiger partial charge is 0.346 e. The van der Waals surface area contributed by atoms with Crippen molar-refractivity contribution < 1.29 is 23.4 Å². The van der Waals surface area contributed by atoms with Gasteiger partial charge in [0.1, 0.15) is 9.09 Å². The highest BCUT2D eigenvalue weighted by molar-refractivity contribution is 7.91. The first-order valence-corrected chi connectivity index (χ1v) is 9.00. The second kappa shape index (κ2) is 6.04. The van der Waals surface area contributed by atoms with Crippen LogP contribution in [-0.4, -0.2) is 48.1 Å². The molecule has 1 aromatic rings. The molecule has 0 aliphatic heterocycles. The number of aromatic carboxylic acids is 1. The number of hydrogen-bond donors (Lipinski definition) is 2. The Kier molecular flexibility index (Phi) is 4.72. The van der Waals surface area contributed by atoms with Gasteiger partial charge < -0.3 is 10.2 Å². The number of carbonyl (C=O) groups is 1. The van der Waals surface area contributed by atoms with E-state index in [0.29, 0.717) is 18.4 Å². The molecule has 6 nitrogen and oxygen atoms in total. The molecule has 21 heavy (non-hydrogen) atoms. The predicted molar refractivity (Wildman–Crippen MR) is 79.2 cm³/mol. The van der Waals surface area contributed by atoms with Crippen molar-refractivity contribution in [1.82, 2.24) is 4.31 Å². The number of aryl methyl sites for hydroxylation is 1. The zero-order chi connectivity index (χ0) is 15.8. The number of nitrogens with zero attached hydrogens (tertiary/aromatic N) is 1. The van der Waals surface area contributed by atoms with Crippen molar-refractivity contribution in [3.63, 3.8) is 0 Å². The molecule has 2 rings (SSSR count). The van der Waals surface area contributed by atoms with E-state index in [1.54, 1.807) is 6.92 Å². The minimum Gasteiger partial charge on any atom is -0.477 e. The first kappa shape index (κ1) is 16.4. The van der Waals surface area contributed by atoms with Gasteiger partial charge in [-0.15, -0.1) is 11.3 Å². The van der Waals surface area contributed by atoms with E-state index in [4.69, 9.17) is 5.11 Å². The van der Waals surface area contributed by atoms with Crippen molar-refractivity contribution in [1.29, 1.82) is 0 Å². The van der Waals surface area contributed by atoms with Gasteiger partial charge in [0.15, 0.2) is 0 Å². The Balaban J connectivity index is 2.32. The van der Waals surface area contributed by atoms with Crippen LogP contribution < -0.4 is 0 Å². The lowest BCUT2D eigenvalue weighted by Crippen LogP contribution is -2.46. The summed E-state index contributed by atoms with van der Waals surface area (Å²) in [6.07, 6.45) is 2.32. The SMILES string of the molecule is Cc1cc(S(=O)(=O)N(C)C2CCCCC2O)sc1C(=O)O. The molecule has 1 saturated carbocycles. The zero-order valence-electron chi connectivity index (χ0n) is 11.9. The van der Waals surface area contributed by atoms with Crippen molar-refractivity contribution >= 4 is 27.3 Å². The molecule has 1 aromatic heterocycles. The number of sulfonamides is 1. The van der Waals surface area contributed by atoms with Gasteiger partial charge in [-0.25, -0.2) is 13.2 Å². The second-order valence-corrected chi connectivity index (χ2v) is 8.60. The lowest BCUT2D eigenvalue weighted by atomic mass is 9.93. The van der Waals surface area contributed by atoms with Gasteiger partial charge >= 0.3 is 5.97 Å². The Morgan fingerprint density at radius 3 is 2.52 bits per heavy atom. The first-order chi connectivity index (χ1) is 9.75. The van der Waals surface area contributed by atoms with Crippen LogP contribution in [0.25, 0.3) is 0 Å². The number of hydrogen-bond acceptors (Lipinski definition) is 5. The molecule has 1 heterocycles. The first-order valence-electron chi connectivity index (χ1n) is 6.75. The van der Waals surface area contributed by atoms with Gasteiger partial charge in [0, 0.05) is 7.05 Å². The van der Waals surface area contributed by atoms with Crippen LogP contribution in [0.4, 0.5) is 0 Å². The molecule has 0 radical (unpaired) electrons. The fraction of sp³-hybridized carbons (Fsp3) is 0.615. The van der Waals surface area contributed by atoms with Crippen LogP contribution in [0.5, 0.6) is 0 Å². The van der Waals surface area contributed by atoms with Gasteiger partial charge in [0.25, 0.3) is 10.0 Å². The molecular weight excluding hydrogens is 314 g/mol. The van der Waals surface area contributed by atoms with Crippen molar-refractivity contribution in [2.24, 2.45) is 0 Å². The van der Waals surface area contributed by atoms with E-state index in [-0.39, 0.29) is 9.09 Å². The summed E-state index contributed by atoms with van der Waals surface area (Å²) < 4.78 is 26.4. The maximum Gasteiger partial charge on any atom is 0.346 e. The molecule has 0 amide bonds. The minimum absolute atomic E-state index is 0.0117. The monoisotopic (exact) mass is 333 g/mol. The molecule has 8 heteroatoms. The van der Waals surface area contributed by atoms with Gasteiger partial charge in [-0.1, -0.05) is 12.8 Å². The van der Waals surface area contributed by atoms with Gasteiger partial charge in [-0.2, -0.15) is 4.31 Å². The van der Waals surface area contributed by atoms with Crippen molar-refractivity contribution in [2.45, 2.75) is 49.0 Å². The molecule has 1 aliphatic carbocycles. The summed E-state index contributed by atoms with van der Waals surface area (Å²) in [6.45, 7) is 1.58. The van der Waals surface area contributed by atoms with Crippen LogP contribution in [0.15, 0.2) is 10.3 Å². The van der Waals surface area contributed by atoms with Crippen molar-refractivity contribution in [3.05, 3.63) is 16.5 Å². The molecule has 0 saturated heterocycles. The molecule has 1 fully saturated rings. The zero-order valence-corrected chi connectivity index (χ0v) is 13.6. The van der Waals surface area contributed by atoms with Gasteiger partial charge in [0.2, 0.25) is 0 Å². The lowest BCUT2D eigenvalue weighted by molar-refractivity contribution is 0.0638. The molecule has 0 bridgehead atoms. The molecule has 0 spiro atoms. The number of carboxylic acid groups (broad SMARTS) is 1. The summed E-state index contributed by atoms with van der Waals surface area (Å²) >= 11 is 0.757. The summed E-state index contributed by atoms with van der Waals surface area (Å²) in [6, 6.07) is 0.939. The number of carboxylic acids is 1. The summed E-state index contributed by atoms with van der Waals surface area (Å²) in [4.78, 5) is 11.1. The molecular formula is C13H19NO5S2. The van der Waals surface area contributed by atoms with E-state index in [1.807, 2.05) is 0 Å². The maximum absolute atomic E-state index is 12.6. The minimum atomic E-state index is -3.78. The lowest BCUT2D eigenvalue weighted by Gasteiger charge is -2.34. The Morgan fingerprint density at radius 2 is 2.00 bits per heavy atom. The largest absolute Gasteiger partial charge is 0.477 e. The standard InChI is InChI=1S/C13H19NO5S2/c1-8-7-11(20-12(8)13(16)17)21(18,19)14(2)9-5-3-4-6-10(9)15/h7,9-10,15H,3-6H2,1-2H3,(H,16,17). The number of likely N-dealkylation sites (N-methyl/N-ethyl adjacent to an activating group) is 1. The molecule has 1 aliphatic rings. The quantitative estimate of drug-likeness (QED) is 0.874. The van der Waals surface area contributed by atoms with Crippen LogP contribution in [0.3, 0.4) is 0 Å². The third-order valence-electron chi connectivity index (χ3n) is 3.88. The van der Waals surface area contributed by atoms with E-state index >= 15 is 0 Å². The molecule has 0 aromatic carbocycles. The van der Waals surface area contributed by atoms with Crippen molar-refractivity contribution in [3.8, 4) is 0 Å². The van der Waals surface area contributed by atoms with Gasteiger partial charge in [-0.3, -0.25) is 0 Å². The van der Waals surface area contributed by atoms with Gasteiger partial charge in [0.05, 0.1) is 12.1 Å². The Morgan fingerprint density at radius 1 is 1.38 bits per heavy atom. The summed E-state index contributed by atoms with van der Waals surface area (Å²) in [5.74, 6) is -1.13. The predicted octanol–water partition coefficient (Wildman–Crippen LogP) is 1.68. The van der Waals surface area contributed by atoms with E-state index in [1.165, 1.54) is 17.4 Å². The summed E-state index contributed by atoms with van der Waals surface area (Å²) in [5, 5.41) is 19.0. The number of aliphatic hydroxyl groups is 1. The topological polar surface area (TPSA) is 94.9 Å². The van der Waals surface area contributed by atoms with Crippen molar-refractivity contribution in [2.75, 3.05) is 7.05 Å². The van der Waals surface area contributed by atoms with Crippen LogP contribution in [0, 0.1) is 6.92 Å². The third-order valence-corrected chi connectivity index (χ3v) is 7.44. The summed E-state index contributed by atoms with van der Waals surface area (Å²) in [5.41, 5.74) is 0.434. The van der Waals surface area contributed by atoms with E-state index in [0.717, 1.165) is 24.2 Å². The third kappa shape index (κ3) is 3.13. The van der Waals surface area contributed by atoms with E-state index < -0.39 is 28.1 Å². The Hall–Kier alpha value is -0.960. The number of rotatable bonds is 4. The second-order valence-electron chi connectivity index (χ2n) is 5.32. The molecule has 2 N–H and O–H groups in total. The summed E-state index contributed by atoms with van der Waals surface area (Å²) in [7, 11) is -2.33. The van der Waals surface area contributed by atoms with E-state index in [9.17, 15) is 18.3 Å². The maximum atomic E-state index is 12.6. The fourth-order valence-corrected chi connectivity index (χ4v) is 5.61. The molecule has 118 valence electrons. The van der Waals surface area contributed by atoms with Crippen LogP contribution in [-0.2, 0) is 10.0 Å². The molecule has 2 unspecified atom stereocenters. The van der Waals surface area contributed by atoms with Crippen LogP contribution >= 0.6 is 11.3 Å². The van der Waals surface area contributed by atoms with Gasteiger partial charge in [-0.05, 0) is 31.4 Å². The average Bonchev–Trinajstić information content (AvgIpc) is 2.81. The van der Waals surface area contributed by atoms with Crippen LogP contribution in [0.2, 0.25) is 0 Å². The number of thiophene rings is 1. The van der Waals surface area contributed by atoms with Crippen LogP contribution in [0.1, 0.15) is 40.9 Å². The highest BCUT2D eigenvalue weighted by Gasteiger charge is 2.35. The molecule has 2 atom stereocenters. The highest BCUT2D eigenvalue weighted by Crippen LogP contribution is 2.31. The number of aliphatic hydroxyl groups excluding tert-OH is 1. The van der Waals surface area contributed by atoms with E-state index in [2.05, 4.69) is 0 Å².